The number of nitriles is 1. The Balaban J connectivity index is 1.74. The Kier molecular flexibility index (Phi) is 5.75. The van der Waals surface area contributed by atoms with Crippen molar-refractivity contribution in [1.82, 2.24) is 24.1 Å². The summed E-state index contributed by atoms with van der Waals surface area (Å²) < 4.78 is 32.8. The number of hydrogen-bond acceptors (Lipinski definition) is 7. The van der Waals surface area contributed by atoms with E-state index in [0.29, 0.717) is 35.4 Å². The van der Waals surface area contributed by atoms with E-state index in [-0.39, 0.29) is 25.3 Å². The van der Waals surface area contributed by atoms with Crippen molar-refractivity contribution in [3.05, 3.63) is 36.4 Å². The van der Waals surface area contributed by atoms with Gasteiger partial charge in [0.25, 0.3) is 0 Å². The highest BCUT2D eigenvalue weighted by molar-refractivity contribution is 7.89. The van der Waals surface area contributed by atoms with Gasteiger partial charge < -0.3 is 9.72 Å². The lowest BCUT2D eigenvalue weighted by molar-refractivity contribution is 0.0505. The van der Waals surface area contributed by atoms with E-state index in [0.717, 1.165) is 5.39 Å². The zero-order valence-corrected chi connectivity index (χ0v) is 18.7. The van der Waals surface area contributed by atoms with Gasteiger partial charge in [-0.05, 0) is 19.4 Å². The SMILES string of the molecule is CCCOC(=O)c1cnc2[nH]ccc2c1-c1cnn(C2(CC#N)CN(S(=O)(=O)CC)C2)c1. The maximum atomic E-state index is 12.7. The van der Waals surface area contributed by atoms with Crippen LogP contribution in [0.5, 0.6) is 0 Å². The third kappa shape index (κ3) is 3.65. The number of esters is 1. The number of fused-ring (bicyclic) bond motifs is 1. The molecule has 0 spiro atoms. The molecule has 4 heterocycles. The third-order valence-corrected chi connectivity index (χ3v) is 7.48. The smallest absolute Gasteiger partial charge is 0.340 e. The summed E-state index contributed by atoms with van der Waals surface area (Å²) in [5.74, 6) is -0.466. The number of ether oxygens (including phenoxy) is 1. The molecule has 1 aliphatic rings. The molecular weight excluding hydrogens is 432 g/mol. The molecule has 4 rings (SSSR count). The van der Waals surface area contributed by atoms with Crippen molar-refractivity contribution in [1.29, 1.82) is 5.26 Å². The van der Waals surface area contributed by atoms with Gasteiger partial charge in [-0.15, -0.1) is 0 Å². The molecule has 0 atom stereocenters. The molecule has 0 aromatic carbocycles. The van der Waals surface area contributed by atoms with E-state index >= 15 is 0 Å². The maximum absolute atomic E-state index is 12.7. The molecule has 1 aliphatic heterocycles. The minimum Gasteiger partial charge on any atom is -0.462 e. The molecule has 0 aliphatic carbocycles. The first-order valence-corrected chi connectivity index (χ1v) is 12.0. The largest absolute Gasteiger partial charge is 0.462 e. The Morgan fingerprint density at radius 2 is 2.12 bits per heavy atom. The second-order valence-electron chi connectivity index (χ2n) is 7.82. The van der Waals surface area contributed by atoms with Gasteiger partial charge in [-0.25, -0.2) is 18.2 Å². The number of carbonyl (C=O) groups is 1. The number of aromatic amines is 1. The van der Waals surface area contributed by atoms with E-state index < -0.39 is 21.5 Å². The zero-order chi connectivity index (χ0) is 22.9. The summed E-state index contributed by atoms with van der Waals surface area (Å²) in [5.41, 5.74) is 1.49. The monoisotopic (exact) mass is 456 g/mol. The van der Waals surface area contributed by atoms with Gasteiger partial charge in [-0.3, -0.25) is 4.68 Å². The van der Waals surface area contributed by atoms with E-state index in [1.54, 1.807) is 30.2 Å². The number of aromatic nitrogens is 4. The first-order valence-electron chi connectivity index (χ1n) is 10.4. The average molecular weight is 457 g/mol. The summed E-state index contributed by atoms with van der Waals surface area (Å²) in [6, 6.07) is 3.98. The van der Waals surface area contributed by atoms with Crippen LogP contribution in [0, 0.1) is 11.3 Å². The van der Waals surface area contributed by atoms with Gasteiger partial charge in [0.15, 0.2) is 0 Å². The van der Waals surface area contributed by atoms with E-state index in [2.05, 4.69) is 21.1 Å². The van der Waals surface area contributed by atoms with Crippen LogP contribution in [0.2, 0.25) is 0 Å². The topological polar surface area (TPSA) is 134 Å². The summed E-state index contributed by atoms with van der Waals surface area (Å²) >= 11 is 0. The van der Waals surface area contributed by atoms with E-state index in [9.17, 15) is 18.5 Å². The molecular formula is C21H24N6O4S. The van der Waals surface area contributed by atoms with Crippen LogP contribution in [0.15, 0.2) is 30.9 Å². The standard InChI is InChI=1S/C21H24N6O4S/c1-3-9-31-20(28)17-11-24-19-16(5-8-23-19)18(17)15-10-25-27(12-15)21(6-7-22)13-26(14-21)32(29,30)4-2/h5,8,10-12H,3-4,6,9,13-14H2,1-2H3,(H,23,24). The number of hydrogen-bond donors (Lipinski definition) is 1. The minimum absolute atomic E-state index is 0.00566. The summed E-state index contributed by atoms with van der Waals surface area (Å²) in [7, 11) is -3.34. The summed E-state index contributed by atoms with van der Waals surface area (Å²) in [6.45, 7) is 4.17. The van der Waals surface area contributed by atoms with Gasteiger partial charge in [-0.1, -0.05) is 6.92 Å². The van der Waals surface area contributed by atoms with Crippen molar-refractivity contribution in [2.45, 2.75) is 32.2 Å². The van der Waals surface area contributed by atoms with Crippen molar-refractivity contribution in [2.24, 2.45) is 0 Å². The fraction of sp³-hybridized carbons (Fsp3) is 0.429. The highest BCUT2D eigenvalue weighted by atomic mass is 32.2. The Bertz CT molecular complexity index is 1300. The van der Waals surface area contributed by atoms with Crippen molar-refractivity contribution < 1.29 is 17.9 Å². The number of rotatable bonds is 8. The number of sulfonamides is 1. The molecule has 1 fully saturated rings. The van der Waals surface area contributed by atoms with Crippen LogP contribution in [0.1, 0.15) is 37.0 Å². The van der Waals surface area contributed by atoms with Crippen LogP contribution >= 0.6 is 0 Å². The summed E-state index contributed by atoms with van der Waals surface area (Å²) in [4.78, 5) is 20.1. The molecule has 1 N–H and O–H groups in total. The number of nitrogens with zero attached hydrogens (tertiary/aromatic N) is 5. The highest BCUT2D eigenvalue weighted by Gasteiger charge is 2.49. The highest BCUT2D eigenvalue weighted by Crippen LogP contribution is 2.37. The number of carbonyl (C=O) groups excluding carboxylic acids is 1. The molecule has 1 saturated heterocycles. The maximum Gasteiger partial charge on any atom is 0.340 e. The van der Waals surface area contributed by atoms with Crippen LogP contribution < -0.4 is 0 Å². The summed E-state index contributed by atoms with van der Waals surface area (Å²) in [5, 5.41) is 14.6. The van der Waals surface area contributed by atoms with E-state index in [1.165, 1.54) is 10.5 Å². The van der Waals surface area contributed by atoms with E-state index in [4.69, 9.17) is 4.74 Å². The Labute approximate surface area is 185 Å². The average Bonchev–Trinajstić information content (AvgIpc) is 3.43. The third-order valence-electron chi connectivity index (χ3n) is 5.71. The molecule has 0 saturated carbocycles. The quantitative estimate of drug-likeness (QED) is 0.514. The van der Waals surface area contributed by atoms with Crippen LogP contribution in [0.3, 0.4) is 0 Å². The fourth-order valence-electron chi connectivity index (χ4n) is 3.93. The normalized spacial score (nSPS) is 15.9. The van der Waals surface area contributed by atoms with Crippen molar-refractivity contribution in [3.63, 3.8) is 0 Å². The lowest BCUT2D eigenvalue weighted by Crippen LogP contribution is -2.64. The van der Waals surface area contributed by atoms with Crippen LogP contribution in [0.4, 0.5) is 0 Å². The predicted octanol–water partition coefficient (Wildman–Crippen LogP) is 2.27. The molecule has 11 heteroatoms. The van der Waals surface area contributed by atoms with E-state index in [1.807, 2.05) is 13.0 Å². The number of pyridine rings is 1. The molecule has 3 aromatic heterocycles. The second kappa shape index (κ2) is 8.37. The second-order valence-corrected chi connectivity index (χ2v) is 10.1. The zero-order valence-electron chi connectivity index (χ0n) is 17.9. The number of nitrogens with one attached hydrogen (secondary N) is 1. The van der Waals surface area contributed by atoms with Gasteiger partial charge >= 0.3 is 5.97 Å². The first kappa shape index (κ1) is 22.0. The molecule has 0 radical (unpaired) electrons. The van der Waals surface area contributed by atoms with Gasteiger partial charge in [0, 0.05) is 48.2 Å². The Morgan fingerprint density at radius 1 is 1.34 bits per heavy atom. The molecule has 32 heavy (non-hydrogen) atoms. The van der Waals surface area contributed by atoms with Gasteiger partial charge in [-0.2, -0.15) is 14.7 Å². The molecule has 3 aromatic rings. The molecule has 0 amide bonds. The first-order chi connectivity index (χ1) is 15.3. The lowest BCUT2D eigenvalue weighted by atomic mass is 9.89. The van der Waals surface area contributed by atoms with Gasteiger partial charge in [0.05, 0.1) is 36.6 Å². The van der Waals surface area contributed by atoms with Crippen LogP contribution in [-0.2, 0) is 20.3 Å². The molecule has 168 valence electrons. The number of H-pyrrole nitrogens is 1. The van der Waals surface area contributed by atoms with Gasteiger partial charge in [0.2, 0.25) is 10.0 Å². The molecule has 10 nitrogen and oxygen atoms in total. The molecule has 0 unspecified atom stereocenters. The van der Waals surface area contributed by atoms with Gasteiger partial charge in [0.1, 0.15) is 11.2 Å². The molecule has 0 bridgehead atoms. The van der Waals surface area contributed by atoms with Crippen molar-refractivity contribution >= 4 is 27.0 Å². The van der Waals surface area contributed by atoms with Crippen LogP contribution in [-0.4, -0.2) is 63.9 Å². The Hall–Kier alpha value is -3.23. The lowest BCUT2D eigenvalue weighted by Gasteiger charge is -2.47. The minimum atomic E-state index is -3.34. The fourth-order valence-corrected chi connectivity index (χ4v) is 5.17. The van der Waals surface area contributed by atoms with Crippen molar-refractivity contribution in [2.75, 3.05) is 25.4 Å². The summed E-state index contributed by atoms with van der Waals surface area (Å²) in [6.07, 6.45) is 7.41. The Morgan fingerprint density at radius 3 is 2.81 bits per heavy atom. The van der Waals surface area contributed by atoms with Crippen LogP contribution in [0.25, 0.3) is 22.2 Å². The predicted molar refractivity (Wildman–Crippen MR) is 117 cm³/mol. The van der Waals surface area contributed by atoms with Crippen molar-refractivity contribution in [3.8, 4) is 17.2 Å².